The third kappa shape index (κ3) is 5.33. The first-order valence-corrected chi connectivity index (χ1v) is 13.0. The van der Waals surface area contributed by atoms with Crippen molar-refractivity contribution in [2.45, 2.75) is 25.4 Å². The van der Waals surface area contributed by atoms with Crippen LogP contribution in [0.5, 0.6) is 0 Å². The van der Waals surface area contributed by atoms with E-state index in [0.29, 0.717) is 25.1 Å². The van der Waals surface area contributed by atoms with E-state index in [1.807, 2.05) is 4.31 Å². The minimum atomic E-state index is -4.61. The second-order valence-electron chi connectivity index (χ2n) is 9.58. The lowest BCUT2D eigenvalue weighted by atomic mass is 9.60. The van der Waals surface area contributed by atoms with Crippen LogP contribution in [-0.4, -0.2) is 56.2 Å². The second-order valence-corrected chi connectivity index (χ2v) is 10.7. The number of halogens is 4. The third-order valence-corrected chi connectivity index (χ3v) is 8.12. The fourth-order valence-electron chi connectivity index (χ4n) is 5.43. The highest BCUT2D eigenvalue weighted by molar-refractivity contribution is 8.13. The number of fused-ring (bicyclic) bond motifs is 2. The molecule has 13 heteroatoms. The molecule has 204 valence electrons. The van der Waals surface area contributed by atoms with Crippen molar-refractivity contribution in [2.24, 2.45) is 16.4 Å². The molecule has 3 aromatic rings. The van der Waals surface area contributed by atoms with Gasteiger partial charge >= 0.3 is 6.18 Å². The SMILES string of the molecule is CN/N=C\C(=N)SN1CCC2Cc3c(cnn3-c3ccc(F)cc3)CC2(C(=O)c2cc(C(F)(F)F)ccn2)C1. The van der Waals surface area contributed by atoms with Gasteiger partial charge in [0.1, 0.15) is 16.6 Å². The van der Waals surface area contributed by atoms with Crippen LogP contribution < -0.4 is 5.43 Å². The molecular weight excluding hydrogens is 534 g/mol. The van der Waals surface area contributed by atoms with Gasteiger partial charge in [-0.2, -0.15) is 23.4 Å². The predicted molar refractivity (Wildman–Crippen MR) is 139 cm³/mol. The molecule has 0 bridgehead atoms. The third-order valence-electron chi connectivity index (χ3n) is 7.25. The highest BCUT2D eigenvalue weighted by atomic mass is 32.2. The molecule has 1 fully saturated rings. The number of hydrazone groups is 1. The number of hydrogen-bond donors (Lipinski definition) is 2. The van der Waals surface area contributed by atoms with Crippen molar-refractivity contribution in [2.75, 3.05) is 20.1 Å². The van der Waals surface area contributed by atoms with E-state index in [9.17, 15) is 22.4 Å². The molecular formula is C26H25F4N7OS. The van der Waals surface area contributed by atoms with Gasteiger partial charge in [-0.25, -0.2) is 13.4 Å². The number of carbonyl (C=O) groups is 1. The molecule has 2 N–H and O–H groups in total. The summed E-state index contributed by atoms with van der Waals surface area (Å²) in [6.07, 6.45) is 0.711. The van der Waals surface area contributed by atoms with E-state index in [1.165, 1.54) is 18.3 Å². The quantitative estimate of drug-likeness (QED) is 0.115. The van der Waals surface area contributed by atoms with Gasteiger partial charge in [-0.15, -0.1) is 0 Å². The number of aromatic nitrogens is 3. The fourth-order valence-corrected chi connectivity index (χ4v) is 6.30. The molecule has 2 unspecified atom stereocenters. The Kier molecular flexibility index (Phi) is 7.29. The van der Waals surface area contributed by atoms with Crippen LogP contribution in [0.2, 0.25) is 0 Å². The monoisotopic (exact) mass is 559 g/mol. The first-order valence-electron chi connectivity index (χ1n) is 12.2. The van der Waals surface area contributed by atoms with Crippen molar-refractivity contribution in [1.82, 2.24) is 24.5 Å². The summed E-state index contributed by atoms with van der Waals surface area (Å²) in [6, 6.07) is 7.62. The number of benzene rings is 1. The van der Waals surface area contributed by atoms with E-state index in [0.717, 1.165) is 41.5 Å². The van der Waals surface area contributed by atoms with E-state index < -0.39 is 22.9 Å². The molecule has 39 heavy (non-hydrogen) atoms. The fraction of sp³-hybridized carbons (Fsp3) is 0.346. The molecule has 8 nitrogen and oxygen atoms in total. The summed E-state index contributed by atoms with van der Waals surface area (Å²) < 4.78 is 57.5. The first-order chi connectivity index (χ1) is 18.6. The maximum absolute atomic E-state index is 14.1. The zero-order chi connectivity index (χ0) is 27.8. The van der Waals surface area contributed by atoms with E-state index in [2.05, 4.69) is 20.6 Å². The number of alkyl halides is 3. The number of piperidine rings is 1. The average molecular weight is 560 g/mol. The largest absolute Gasteiger partial charge is 0.416 e. The molecule has 0 saturated carbocycles. The molecule has 2 atom stereocenters. The minimum Gasteiger partial charge on any atom is -0.313 e. The van der Waals surface area contributed by atoms with E-state index in [4.69, 9.17) is 5.41 Å². The van der Waals surface area contributed by atoms with Crippen LogP contribution in [0.4, 0.5) is 17.6 Å². The average Bonchev–Trinajstić information content (AvgIpc) is 3.32. The van der Waals surface area contributed by atoms with Crippen molar-refractivity contribution >= 4 is 29.0 Å². The van der Waals surface area contributed by atoms with Gasteiger partial charge in [0, 0.05) is 32.0 Å². The molecule has 1 aliphatic carbocycles. The Morgan fingerprint density at radius 2 is 2.05 bits per heavy atom. The normalized spacial score (nSPS) is 21.4. The maximum atomic E-state index is 14.1. The minimum absolute atomic E-state index is 0.156. The lowest BCUT2D eigenvalue weighted by molar-refractivity contribution is -0.137. The maximum Gasteiger partial charge on any atom is 0.416 e. The molecule has 2 aromatic heterocycles. The Balaban J connectivity index is 1.53. The van der Waals surface area contributed by atoms with Crippen LogP contribution in [0.3, 0.4) is 0 Å². The van der Waals surface area contributed by atoms with E-state index in [1.54, 1.807) is 30.1 Å². The Labute approximate surface area is 226 Å². The zero-order valence-electron chi connectivity index (χ0n) is 20.9. The van der Waals surface area contributed by atoms with Crippen molar-refractivity contribution in [3.8, 4) is 5.69 Å². The van der Waals surface area contributed by atoms with Gasteiger partial charge in [0.2, 0.25) is 0 Å². The Morgan fingerprint density at radius 3 is 2.77 bits per heavy atom. The summed E-state index contributed by atoms with van der Waals surface area (Å²) in [5.41, 5.74) is 2.72. The molecule has 5 rings (SSSR count). The zero-order valence-corrected chi connectivity index (χ0v) is 21.7. The van der Waals surface area contributed by atoms with Gasteiger partial charge in [-0.05, 0) is 79.1 Å². The number of pyridine rings is 1. The van der Waals surface area contributed by atoms with Crippen LogP contribution in [0.25, 0.3) is 5.69 Å². The molecule has 0 amide bonds. The Morgan fingerprint density at radius 1 is 1.28 bits per heavy atom. The molecule has 1 aliphatic heterocycles. The van der Waals surface area contributed by atoms with Crippen molar-refractivity contribution in [1.29, 1.82) is 5.41 Å². The number of carbonyl (C=O) groups excluding carboxylic acids is 1. The lowest BCUT2D eigenvalue weighted by Crippen LogP contribution is -2.55. The van der Waals surface area contributed by atoms with Gasteiger partial charge in [0.05, 0.1) is 29.1 Å². The van der Waals surface area contributed by atoms with E-state index >= 15 is 0 Å². The predicted octanol–water partition coefficient (Wildman–Crippen LogP) is 4.55. The number of ketones is 1. The van der Waals surface area contributed by atoms with E-state index in [-0.39, 0.29) is 35.4 Å². The van der Waals surface area contributed by atoms with Crippen LogP contribution in [0.15, 0.2) is 53.9 Å². The molecule has 3 heterocycles. The molecule has 1 aromatic carbocycles. The van der Waals surface area contributed by atoms with Gasteiger partial charge in [-0.3, -0.25) is 15.2 Å². The molecule has 0 spiro atoms. The first kappa shape index (κ1) is 27.0. The molecule has 1 saturated heterocycles. The highest BCUT2D eigenvalue weighted by Gasteiger charge is 2.53. The van der Waals surface area contributed by atoms with Gasteiger partial charge in [-0.1, -0.05) is 0 Å². The summed E-state index contributed by atoms with van der Waals surface area (Å²) in [4.78, 5) is 18.2. The van der Waals surface area contributed by atoms with Crippen molar-refractivity contribution in [3.63, 3.8) is 0 Å². The van der Waals surface area contributed by atoms with Crippen molar-refractivity contribution < 1.29 is 22.4 Å². The number of nitrogens with zero attached hydrogens (tertiary/aromatic N) is 5. The second kappa shape index (κ2) is 10.5. The van der Waals surface area contributed by atoms with Gasteiger partial charge in [0.25, 0.3) is 0 Å². The number of hydrogen-bond acceptors (Lipinski definition) is 8. The summed E-state index contributed by atoms with van der Waals surface area (Å²) in [6.45, 7) is 0.784. The van der Waals surface area contributed by atoms with Crippen LogP contribution >= 0.6 is 11.9 Å². The number of nitrogens with one attached hydrogen (secondary N) is 2. The number of Topliss-reactive ketones (excluding diaryl/α,β-unsaturated/α-hetero) is 1. The topological polar surface area (TPSA) is 99.3 Å². The van der Waals surface area contributed by atoms with Crippen LogP contribution in [-0.2, 0) is 19.0 Å². The standard InChI is InChI=1S/C26H25F4N7OS/c1-32-34-14-23(31)39-36-9-7-17-11-22-16(13-35-37(22)20-4-2-19(27)3-5-20)12-25(17,15-36)24(38)21-10-18(6-8-33-21)26(28,29)30/h2-6,8,10,13-14,17,31-32H,7,9,11-12,15H2,1H3/b31-23?,34-14-. The lowest BCUT2D eigenvalue weighted by Gasteiger charge is -2.49. The van der Waals surface area contributed by atoms with Crippen LogP contribution in [0.1, 0.15) is 33.7 Å². The van der Waals surface area contributed by atoms with Crippen LogP contribution in [0, 0.1) is 22.6 Å². The number of rotatable bonds is 6. The van der Waals surface area contributed by atoms with Crippen molar-refractivity contribution in [3.05, 3.63) is 77.1 Å². The Bertz CT molecular complexity index is 1420. The summed E-state index contributed by atoms with van der Waals surface area (Å²) in [5.74, 6) is -1.03. The van der Waals surface area contributed by atoms with Gasteiger partial charge < -0.3 is 5.43 Å². The highest BCUT2D eigenvalue weighted by Crippen LogP contribution is 2.48. The molecule has 0 radical (unpaired) electrons. The summed E-state index contributed by atoms with van der Waals surface area (Å²) in [5, 5.41) is 16.7. The summed E-state index contributed by atoms with van der Waals surface area (Å²) >= 11 is 1.14. The summed E-state index contributed by atoms with van der Waals surface area (Å²) in [7, 11) is 1.61. The molecule has 2 aliphatic rings. The smallest absolute Gasteiger partial charge is 0.313 e. The van der Waals surface area contributed by atoms with Gasteiger partial charge in [0.15, 0.2) is 5.78 Å². The Hall–Kier alpha value is -3.58.